The van der Waals surface area contributed by atoms with Gasteiger partial charge in [0.2, 0.25) is 0 Å². The second-order valence-corrected chi connectivity index (χ2v) is 7.11. The average Bonchev–Trinajstić information content (AvgIpc) is 3.09. The number of benzene rings is 1. The van der Waals surface area contributed by atoms with Crippen LogP contribution in [0.25, 0.3) is 5.65 Å². The Morgan fingerprint density at radius 2 is 2.19 bits per heavy atom. The molecule has 1 aromatic carbocycles. The zero-order chi connectivity index (χ0) is 18.9. The molecule has 1 fully saturated rings. The lowest BCUT2D eigenvalue weighted by Crippen LogP contribution is -2.53. The molecule has 0 radical (unpaired) electrons. The maximum atomic E-state index is 13.4. The Hall–Kier alpha value is -2.51. The second-order valence-electron chi connectivity index (χ2n) is 6.71. The Bertz CT molecular complexity index is 985. The monoisotopic (exact) mass is 388 g/mol. The molecule has 6 nitrogen and oxygen atoms in total. The highest BCUT2D eigenvalue weighted by Crippen LogP contribution is 2.29. The Morgan fingerprint density at radius 3 is 2.96 bits per heavy atom. The molecule has 1 amide bonds. The van der Waals surface area contributed by atoms with Crippen LogP contribution in [0, 0.1) is 5.82 Å². The maximum absolute atomic E-state index is 13.4. The van der Waals surface area contributed by atoms with E-state index >= 15 is 0 Å². The van der Waals surface area contributed by atoms with Gasteiger partial charge in [-0.2, -0.15) is 5.10 Å². The van der Waals surface area contributed by atoms with Gasteiger partial charge in [-0.05, 0) is 43.0 Å². The van der Waals surface area contributed by atoms with Gasteiger partial charge in [-0.1, -0.05) is 17.7 Å². The van der Waals surface area contributed by atoms with Crippen LogP contribution in [-0.4, -0.2) is 39.3 Å². The van der Waals surface area contributed by atoms with Crippen LogP contribution in [0.1, 0.15) is 28.8 Å². The summed E-state index contributed by atoms with van der Waals surface area (Å²) >= 11 is 6.22. The molecule has 140 valence electrons. The fourth-order valence-electron chi connectivity index (χ4n) is 3.43. The number of carbonyl (C=O) groups is 1. The zero-order valence-electron chi connectivity index (χ0n) is 14.5. The van der Waals surface area contributed by atoms with Crippen LogP contribution in [-0.2, 0) is 11.2 Å². The first kappa shape index (κ1) is 17.9. The number of hydrogen-bond donors (Lipinski definition) is 1. The van der Waals surface area contributed by atoms with Crippen molar-refractivity contribution in [3.63, 3.8) is 0 Å². The molecule has 0 aliphatic carbocycles. The summed E-state index contributed by atoms with van der Waals surface area (Å²) in [6, 6.07) is 6.09. The SMILES string of the molecule is O=C(NC1(Cc2ccc(F)cc2Cl)CCOCC1)c1cnn2cccnc12. The van der Waals surface area contributed by atoms with Crippen molar-refractivity contribution in [2.24, 2.45) is 0 Å². The van der Waals surface area contributed by atoms with Gasteiger partial charge in [-0.25, -0.2) is 13.9 Å². The normalized spacial score (nSPS) is 16.4. The molecular formula is C19H18ClFN4O2. The number of nitrogens with one attached hydrogen (secondary N) is 1. The fourth-order valence-corrected chi connectivity index (χ4v) is 3.67. The molecule has 2 aromatic heterocycles. The van der Waals surface area contributed by atoms with Crippen molar-refractivity contribution < 1.29 is 13.9 Å². The third-order valence-electron chi connectivity index (χ3n) is 4.90. The molecule has 0 atom stereocenters. The molecule has 0 unspecified atom stereocenters. The molecule has 3 heterocycles. The summed E-state index contributed by atoms with van der Waals surface area (Å²) in [7, 11) is 0. The fraction of sp³-hybridized carbons (Fsp3) is 0.316. The Balaban J connectivity index is 1.62. The van der Waals surface area contributed by atoms with E-state index in [1.54, 1.807) is 29.0 Å². The van der Waals surface area contributed by atoms with E-state index in [2.05, 4.69) is 15.4 Å². The van der Waals surface area contributed by atoms with Crippen LogP contribution in [0.3, 0.4) is 0 Å². The van der Waals surface area contributed by atoms with E-state index in [1.165, 1.54) is 18.3 Å². The molecular weight excluding hydrogens is 371 g/mol. The number of fused-ring (bicyclic) bond motifs is 1. The standard InChI is InChI=1S/C19H18ClFN4O2/c20-16-10-14(21)3-2-13(16)11-19(4-8-27-9-5-19)24-18(26)15-12-23-25-7-1-6-22-17(15)25/h1-3,6-7,10,12H,4-5,8-9,11H2,(H,24,26). The van der Waals surface area contributed by atoms with Gasteiger partial charge in [0.15, 0.2) is 5.65 Å². The number of halogens is 2. The van der Waals surface area contributed by atoms with Crippen LogP contribution in [0.5, 0.6) is 0 Å². The predicted molar refractivity (Wildman–Crippen MR) is 98.4 cm³/mol. The minimum absolute atomic E-state index is 0.246. The maximum Gasteiger partial charge on any atom is 0.257 e. The topological polar surface area (TPSA) is 68.5 Å². The van der Waals surface area contributed by atoms with E-state index in [0.717, 1.165) is 5.56 Å². The van der Waals surface area contributed by atoms with Crippen LogP contribution in [0.2, 0.25) is 5.02 Å². The average molecular weight is 389 g/mol. The van der Waals surface area contributed by atoms with Gasteiger partial charge in [0, 0.05) is 36.2 Å². The Kier molecular flexibility index (Phi) is 4.80. The Morgan fingerprint density at radius 1 is 1.37 bits per heavy atom. The van der Waals surface area contributed by atoms with Crippen molar-refractivity contribution in [3.05, 3.63) is 64.8 Å². The smallest absolute Gasteiger partial charge is 0.257 e. The lowest BCUT2D eigenvalue weighted by Gasteiger charge is -2.38. The molecule has 0 bridgehead atoms. The van der Waals surface area contributed by atoms with Crippen molar-refractivity contribution in [1.29, 1.82) is 0 Å². The Labute approximate surface area is 160 Å². The summed E-state index contributed by atoms with van der Waals surface area (Å²) in [5.41, 5.74) is 1.17. The highest BCUT2D eigenvalue weighted by Gasteiger charge is 2.36. The first-order valence-electron chi connectivity index (χ1n) is 8.69. The highest BCUT2D eigenvalue weighted by molar-refractivity contribution is 6.31. The van der Waals surface area contributed by atoms with E-state index in [-0.39, 0.29) is 11.7 Å². The van der Waals surface area contributed by atoms with Crippen molar-refractivity contribution in [2.75, 3.05) is 13.2 Å². The molecule has 1 N–H and O–H groups in total. The minimum atomic E-state index is -0.528. The van der Waals surface area contributed by atoms with Crippen LogP contribution < -0.4 is 5.32 Å². The number of aromatic nitrogens is 3. The minimum Gasteiger partial charge on any atom is -0.381 e. The highest BCUT2D eigenvalue weighted by atomic mass is 35.5. The van der Waals surface area contributed by atoms with Crippen LogP contribution >= 0.6 is 11.6 Å². The molecule has 1 aliphatic rings. The number of rotatable bonds is 4. The van der Waals surface area contributed by atoms with E-state index in [9.17, 15) is 9.18 Å². The number of nitrogens with zero attached hydrogens (tertiary/aromatic N) is 3. The third-order valence-corrected chi connectivity index (χ3v) is 5.25. The first-order chi connectivity index (χ1) is 13.1. The van der Waals surface area contributed by atoms with E-state index in [1.807, 2.05) is 0 Å². The molecule has 4 rings (SSSR count). The van der Waals surface area contributed by atoms with Crippen molar-refractivity contribution in [2.45, 2.75) is 24.8 Å². The molecule has 0 spiro atoms. The number of amides is 1. The van der Waals surface area contributed by atoms with Gasteiger partial charge >= 0.3 is 0 Å². The summed E-state index contributed by atoms with van der Waals surface area (Å²) in [5.74, 6) is -0.630. The van der Waals surface area contributed by atoms with E-state index in [4.69, 9.17) is 16.3 Å². The lowest BCUT2D eigenvalue weighted by atomic mass is 9.83. The van der Waals surface area contributed by atoms with Gasteiger partial charge in [0.1, 0.15) is 11.4 Å². The summed E-state index contributed by atoms with van der Waals surface area (Å²) in [4.78, 5) is 17.2. The van der Waals surface area contributed by atoms with Crippen LogP contribution in [0.15, 0.2) is 42.9 Å². The molecule has 1 aliphatic heterocycles. The second kappa shape index (κ2) is 7.25. The summed E-state index contributed by atoms with van der Waals surface area (Å²) in [6.45, 7) is 1.07. The van der Waals surface area contributed by atoms with Gasteiger partial charge in [0.25, 0.3) is 5.91 Å². The third kappa shape index (κ3) is 3.65. The first-order valence-corrected chi connectivity index (χ1v) is 9.07. The van der Waals surface area contributed by atoms with Gasteiger partial charge in [-0.3, -0.25) is 4.79 Å². The quantitative estimate of drug-likeness (QED) is 0.746. The van der Waals surface area contributed by atoms with E-state index < -0.39 is 5.54 Å². The summed E-state index contributed by atoms with van der Waals surface area (Å²) < 4.78 is 20.4. The molecule has 3 aromatic rings. The van der Waals surface area contributed by atoms with Crippen molar-refractivity contribution in [3.8, 4) is 0 Å². The largest absolute Gasteiger partial charge is 0.381 e. The van der Waals surface area contributed by atoms with Crippen molar-refractivity contribution >= 4 is 23.2 Å². The number of ether oxygens (including phenoxy) is 1. The molecule has 1 saturated heterocycles. The lowest BCUT2D eigenvalue weighted by molar-refractivity contribution is 0.0360. The molecule has 27 heavy (non-hydrogen) atoms. The summed E-state index contributed by atoms with van der Waals surface area (Å²) in [6.07, 6.45) is 6.64. The number of hydrogen-bond acceptors (Lipinski definition) is 4. The molecule has 8 heteroatoms. The van der Waals surface area contributed by atoms with Gasteiger partial charge < -0.3 is 10.1 Å². The molecule has 0 saturated carbocycles. The predicted octanol–water partition coefficient (Wildman–Crippen LogP) is 3.04. The summed E-state index contributed by atoms with van der Waals surface area (Å²) in [5, 5.41) is 7.68. The zero-order valence-corrected chi connectivity index (χ0v) is 15.2. The van der Waals surface area contributed by atoms with Gasteiger partial charge in [-0.15, -0.1) is 0 Å². The van der Waals surface area contributed by atoms with E-state index in [0.29, 0.717) is 48.7 Å². The van der Waals surface area contributed by atoms with Crippen LogP contribution in [0.4, 0.5) is 4.39 Å². The van der Waals surface area contributed by atoms with Gasteiger partial charge in [0.05, 0.1) is 6.20 Å². The number of carbonyl (C=O) groups excluding carboxylic acids is 1. The van der Waals surface area contributed by atoms with Crippen molar-refractivity contribution in [1.82, 2.24) is 19.9 Å².